The van der Waals surface area contributed by atoms with Crippen molar-refractivity contribution in [2.75, 3.05) is 13.7 Å². The molecule has 0 bridgehead atoms. The number of carbonyl (C=O) groups excluding carboxylic acids is 2. The molecule has 0 aliphatic carbocycles. The first-order valence-electron chi connectivity index (χ1n) is 8.88. The molecule has 2 aromatic carbocycles. The van der Waals surface area contributed by atoms with Crippen LogP contribution in [-0.2, 0) is 20.9 Å². The van der Waals surface area contributed by atoms with Crippen LogP contribution in [0.2, 0.25) is 0 Å². The van der Waals surface area contributed by atoms with E-state index in [1.54, 1.807) is 6.08 Å². The second kappa shape index (κ2) is 10.8. The molecule has 5 heteroatoms. The fraction of sp³-hybridized carbons (Fsp3) is 0.273. The number of ether oxygens (including phenoxy) is 2. The van der Waals surface area contributed by atoms with Gasteiger partial charge in [0.1, 0.15) is 12.4 Å². The highest BCUT2D eigenvalue weighted by atomic mass is 16.5. The zero-order valence-corrected chi connectivity index (χ0v) is 15.7. The Balaban J connectivity index is 1.74. The summed E-state index contributed by atoms with van der Waals surface area (Å²) >= 11 is 0. The third-order valence-corrected chi connectivity index (χ3v) is 3.92. The normalized spacial score (nSPS) is 10.6. The van der Waals surface area contributed by atoms with Gasteiger partial charge in [0.25, 0.3) is 0 Å². The molecule has 1 amide bonds. The van der Waals surface area contributed by atoms with Crippen LogP contribution in [0.4, 0.5) is 0 Å². The van der Waals surface area contributed by atoms with Gasteiger partial charge < -0.3 is 14.8 Å². The first-order chi connectivity index (χ1) is 13.1. The number of nitrogens with one attached hydrogen (secondary N) is 1. The molecule has 0 atom stereocenters. The molecule has 0 unspecified atom stereocenters. The van der Waals surface area contributed by atoms with Gasteiger partial charge in [-0.25, -0.2) is 0 Å². The summed E-state index contributed by atoms with van der Waals surface area (Å²) in [6, 6.07) is 15.8. The number of benzene rings is 2. The number of methoxy groups -OCH3 is 1. The molecule has 0 saturated carbocycles. The molecule has 0 heterocycles. The molecular formula is C22H25NO4. The maximum absolute atomic E-state index is 11.7. The number of carbonyl (C=O) groups is 2. The topological polar surface area (TPSA) is 64.6 Å². The van der Waals surface area contributed by atoms with Crippen molar-refractivity contribution in [1.29, 1.82) is 0 Å². The first kappa shape index (κ1) is 20.2. The SMILES string of the molecule is COC(=O)CCCNC(=O)/C=C/c1ccc(OCc2ccc(C)cc2)cc1. The van der Waals surface area contributed by atoms with Crippen LogP contribution in [-0.4, -0.2) is 25.5 Å². The van der Waals surface area contributed by atoms with Gasteiger partial charge in [-0.15, -0.1) is 0 Å². The Labute approximate surface area is 160 Å². The highest BCUT2D eigenvalue weighted by Crippen LogP contribution is 2.15. The summed E-state index contributed by atoms with van der Waals surface area (Å²) in [7, 11) is 1.35. The average molecular weight is 367 g/mol. The molecule has 0 spiro atoms. The van der Waals surface area contributed by atoms with Crippen molar-refractivity contribution in [2.45, 2.75) is 26.4 Å². The van der Waals surface area contributed by atoms with Crippen molar-refractivity contribution < 1.29 is 19.1 Å². The zero-order chi connectivity index (χ0) is 19.5. The van der Waals surface area contributed by atoms with Crippen LogP contribution in [0.25, 0.3) is 6.08 Å². The summed E-state index contributed by atoms with van der Waals surface area (Å²) in [6.45, 7) is 3.01. The molecule has 0 aliphatic rings. The largest absolute Gasteiger partial charge is 0.489 e. The number of aryl methyl sites for hydroxylation is 1. The van der Waals surface area contributed by atoms with E-state index in [9.17, 15) is 9.59 Å². The fourth-order valence-electron chi connectivity index (χ4n) is 2.30. The number of esters is 1. The van der Waals surface area contributed by atoms with E-state index in [1.807, 2.05) is 24.3 Å². The van der Waals surface area contributed by atoms with Crippen LogP contribution in [0.1, 0.15) is 29.5 Å². The van der Waals surface area contributed by atoms with Crippen molar-refractivity contribution >= 4 is 18.0 Å². The van der Waals surface area contributed by atoms with Crippen LogP contribution in [0, 0.1) is 6.92 Å². The summed E-state index contributed by atoms with van der Waals surface area (Å²) in [6.07, 6.45) is 4.06. The maximum atomic E-state index is 11.7. The Morgan fingerprint density at radius 3 is 2.41 bits per heavy atom. The third kappa shape index (κ3) is 7.77. The maximum Gasteiger partial charge on any atom is 0.305 e. The van der Waals surface area contributed by atoms with E-state index in [4.69, 9.17) is 4.74 Å². The van der Waals surface area contributed by atoms with Gasteiger partial charge in [0, 0.05) is 19.0 Å². The average Bonchev–Trinajstić information content (AvgIpc) is 2.69. The van der Waals surface area contributed by atoms with Crippen LogP contribution in [0.3, 0.4) is 0 Å². The van der Waals surface area contributed by atoms with Crippen molar-refractivity contribution in [3.8, 4) is 5.75 Å². The van der Waals surface area contributed by atoms with Crippen molar-refractivity contribution in [3.05, 3.63) is 71.3 Å². The second-order valence-electron chi connectivity index (χ2n) is 6.15. The Morgan fingerprint density at radius 1 is 1.04 bits per heavy atom. The quantitative estimate of drug-likeness (QED) is 0.417. The predicted molar refractivity (Wildman–Crippen MR) is 105 cm³/mol. The minimum absolute atomic E-state index is 0.195. The van der Waals surface area contributed by atoms with Crippen LogP contribution < -0.4 is 10.1 Å². The Hall–Kier alpha value is -3.08. The molecule has 5 nitrogen and oxygen atoms in total. The predicted octanol–water partition coefficient (Wildman–Crippen LogP) is 3.66. The van der Waals surface area contributed by atoms with Gasteiger partial charge in [0.2, 0.25) is 5.91 Å². The van der Waals surface area contributed by atoms with Crippen molar-refractivity contribution in [1.82, 2.24) is 5.32 Å². The molecule has 0 fully saturated rings. The molecule has 142 valence electrons. The highest BCUT2D eigenvalue weighted by Gasteiger charge is 2.01. The van der Waals surface area contributed by atoms with Gasteiger partial charge in [0.15, 0.2) is 0 Å². The van der Waals surface area contributed by atoms with E-state index in [-0.39, 0.29) is 11.9 Å². The molecule has 2 aromatic rings. The number of hydrogen-bond acceptors (Lipinski definition) is 4. The van der Waals surface area contributed by atoms with Gasteiger partial charge in [-0.05, 0) is 42.7 Å². The van der Waals surface area contributed by atoms with Gasteiger partial charge in [-0.1, -0.05) is 42.0 Å². The van der Waals surface area contributed by atoms with Gasteiger partial charge in [-0.3, -0.25) is 9.59 Å². The summed E-state index contributed by atoms with van der Waals surface area (Å²) < 4.78 is 10.3. The van der Waals surface area contributed by atoms with E-state index in [2.05, 4.69) is 41.2 Å². The number of rotatable bonds is 9. The summed E-state index contributed by atoms with van der Waals surface area (Å²) in [5.74, 6) is 0.309. The fourth-order valence-corrected chi connectivity index (χ4v) is 2.30. The molecule has 1 N–H and O–H groups in total. The lowest BCUT2D eigenvalue weighted by Gasteiger charge is -2.07. The smallest absolute Gasteiger partial charge is 0.305 e. The van der Waals surface area contributed by atoms with Gasteiger partial charge in [0.05, 0.1) is 7.11 Å². The van der Waals surface area contributed by atoms with E-state index in [0.29, 0.717) is 26.0 Å². The number of hydrogen-bond donors (Lipinski definition) is 1. The Kier molecular flexibility index (Phi) is 8.10. The van der Waals surface area contributed by atoms with Crippen LogP contribution in [0.15, 0.2) is 54.6 Å². The van der Waals surface area contributed by atoms with Crippen LogP contribution >= 0.6 is 0 Å². The summed E-state index contributed by atoms with van der Waals surface area (Å²) in [5.41, 5.74) is 3.25. The van der Waals surface area contributed by atoms with Crippen molar-refractivity contribution in [2.24, 2.45) is 0 Å². The molecule has 0 saturated heterocycles. The highest BCUT2D eigenvalue weighted by molar-refractivity contribution is 5.91. The molecule has 27 heavy (non-hydrogen) atoms. The van der Waals surface area contributed by atoms with Crippen LogP contribution in [0.5, 0.6) is 5.75 Å². The van der Waals surface area contributed by atoms with E-state index < -0.39 is 0 Å². The standard InChI is InChI=1S/C22H25NO4/c1-17-5-7-19(8-6-17)16-27-20-12-9-18(10-13-20)11-14-21(24)23-15-3-4-22(25)26-2/h5-14H,3-4,15-16H2,1-2H3,(H,23,24)/b14-11+. The number of amides is 1. The minimum Gasteiger partial charge on any atom is -0.489 e. The minimum atomic E-state index is -0.274. The lowest BCUT2D eigenvalue weighted by molar-refractivity contribution is -0.140. The zero-order valence-electron chi connectivity index (χ0n) is 15.7. The van der Waals surface area contributed by atoms with E-state index in [1.165, 1.54) is 18.7 Å². The lowest BCUT2D eigenvalue weighted by Crippen LogP contribution is -2.22. The molecular weight excluding hydrogens is 342 g/mol. The molecule has 0 radical (unpaired) electrons. The molecule has 0 aliphatic heterocycles. The molecule has 2 rings (SSSR count). The van der Waals surface area contributed by atoms with Crippen molar-refractivity contribution in [3.63, 3.8) is 0 Å². The second-order valence-corrected chi connectivity index (χ2v) is 6.15. The van der Waals surface area contributed by atoms with Gasteiger partial charge in [-0.2, -0.15) is 0 Å². The Bertz CT molecular complexity index is 764. The monoisotopic (exact) mass is 367 g/mol. The van der Waals surface area contributed by atoms with E-state index >= 15 is 0 Å². The van der Waals surface area contributed by atoms with Gasteiger partial charge >= 0.3 is 5.97 Å². The summed E-state index contributed by atoms with van der Waals surface area (Å²) in [4.78, 5) is 22.7. The Morgan fingerprint density at radius 2 is 1.74 bits per heavy atom. The lowest BCUT2D eigenvalue weighted by atomic mass is 10.1. The third-order valence-electron chi connectivity index (χ3n) is 3.92. The summed E-state index contributed by atoms with van der Waals surface area (Å²) in [5, 5.41) is 2.73. The first-order valence-corrected chi connectivity index (χ1v) is 8.88. The molecule has 0 aromatic heterocycles. The van der Waals surface area contributed by atoms with E-state index in [0.717, 1.165) is 16.9 Å².